The zero-order chi connectivity index (χ0) is 13.8. The molecule has 1 aliphatic rings. The third-order valence-corrected chi connectivity index (χ3v) is 4.15. The van der Waals surface area contributed by atoms with Crippen LogP contribution in [0, 0.1) is 5.41 Å². The Hall–Kier alpha value is -1.10. The van der Waals surface area contributed by atoms with E-state index in [2.05, 4.69) is 4.90 Å². The maximum Gasteiger partial charge on any atom is 0.310 e. The number of carbonyl (C=O) groups excluding carboxylic acids is 1. The van der Waals surface area contributed by atoms with Gasteiger partial charge in [-0.25, -0.2) is 0 Å². The van der Waals surface area contributed by atoms with Crippen LogP contribution in [0.4, 0.5) is 0 Å². The quantitative estimate of drug-likeness (QED) is 0.798. The summed E-state index contributed by atoms with van der Waals surface area (Å²) in [4.78, 5) is 27.5. The van der Waals surface area contributed by atoms with Crippen LogP contribution >= 0.6 is 0 Å². The van der Waals surface area contributed by atoms with Crippen molar-refractivity contribution in [2.75, 3.05) is 33.2 Å². The van der Waals surface area contributed by atoms with E-state index in [9.17, 15) is 14.7 Å². The van der Waals surface area contributed by atoms with Gasteiger partial charge < -0.3 is 14.9 Å². The molecule has 1 aliphatic heterocycles. The first-order chi connectivity index (χ1) is 8.45. The van der Waals surface area contributed by atoms with Crippen LogP contribution in [0.25, 0.3) is 0 Å². The largest absolute Gasteiger partial charge is 0.481 e. The van der Waals surface area contributed by atoms with Crippen molar-refractivity contribution in [1.29, 1.82) is 0 Å². The van der Waals surface area contributed by atoms with Crippen molar-refractivity contribution in [3.63, 3.8) is 0 Å². The molecule has 0 aromatic heterocycles. The van der Waals surface area contributed by atoms with Gasteiger partial charge in [0.2, 0.25) is 5.91 Å². The minimum atomic E-state index is -0.888. The first-order valence-electron chi connectivity index (χ1n) is 6.65. The summed E-state index contributed by atoms with van der Waals surface area (Å²) in [5.74, 6) is -0.871. The van der Waals surface area contributed by atoms with E-state index in [0.29, 0.717) is 25.9 Å². The molecule has 1 heterocycles. The van der Waals surface area contributed by atoms with Gasteiger partial charge in [-0.05, 0) is 19.9 Å². The molecule has 0 saturated carbocycles. The van der Waals surface area contributed by atoms with E-state index in [0.717, 1.165) is 13.1 Å². The SMILES string of the molecule is CCC(CC)(CC(=O)N1CCN(C)CC1)C(=O)O. The standard InChI is InChI=1S/C13H24N2O3/c1-4-13(5-2,12(17)18)10-11(16)15-8-6-14(3)7-9-15/h4-10H2,1-3H3,(H,17,18). The van der Waals surface area contributed by atoms with E-state index in [4.69, 9.17) is 0 Å². The number of aliphatic carboxylic acids is 1. The smallest absolute Gasteiger partial charge is 0.310 e. The molecule has 0 bridgehead atoms. The number of hydrogen-bond donors (Lipinski definition) is 1. The average Bonchev–Trinajstić information content (AvgIpc) is 2.36. The molecule has 0 unspecified atom stereocenters. The fourth-order valence-electron chi connectivity index (χ4n) is 2.34. The maximum absolute atomic E-state index is 12.2. The molecule has 0 atom stereocenters. The summed E-state index contributed by atoms with van der Waals surface area (Å²) < 4.78 is 0. The Balaban J connectivity index is 2.64. The van der Waals surface area contributed by atoms with Gasteiger partial charge in [0.15, 0.2) is 0 Å². The predicted molar refractivity (Wildman–Crippen MR) is 69.3 cm³/mol. The second kappa shape index (κ2) is 6.18. The number of rotatable bonds is 5. The van der Waals surface area contributed by atoms with Gasteiger partial charge in [0.05, 0.1) is 5.41 Å². The number of carboxylic acids is 1. The van der Waals surface area contributed by atoms with Gasteiger partial charge in [0.1, 0.15) is 0 Å². The average molecular weight is 256 g/mol. The molecular weight excluding hydrogens is 232 g/mol. The molecule has 1 amide bonds. The summed E-state index contributed by atoms with van der Waals surface area (Å²) in [5.41, 5.74) is -0.888. The van der Waals surface area contributed by atoms with E-state index in [1.165, 1.54) is 0 Å². The number of carboxylic acid groups (broad SMARTS) is 1. The summed E-state index contributed by atoms with van der Waals surface area (Å²) in [6, 6.07) is 0. The molecule has 0 spiro atoms. The Morgan fingerprint density at radius 3 is 2.00 bits per heavy atom. The Morgan fingerprint density at radius 1 is 1.11 bits per heavy atom. The molecule has 5 heteroatoms. The van der Waals surface area contributed by atoms with E-state index in [1.807, 2.05) is 20.9 Å². The predicted octanol–water partition coefficient (Wildman–Crippen LogP) is 1.04. The fraction of sp³-hybridized carbons (Fsp3) is 0.846. The molecule has 18 heavy (non-hydrogen) atoms. The number of piperazine rings is 1. The highest BCUT2D eigenvalue weighted by molar-refractivity contribution is 5.85. The van der Waals surface area contributed by atoms with Crippen LogP contribution < -0.4 is 0 Å². The summed E-state index contributed by atoms with van der Waals surface area (Å²) in [5, 5.41) is 9.33. The molecule has 0 aliphatic carbocycles. The van der Waals surface area contributed by atoms with Crippen molar-refractivity contribution in [1.82, 2.24) is 9.80 Å². The number of nitrogens with zero attached hydrogens (tertiary/aromatic N) is 2. The van der Waals surface area contributed by atoms with Crippen molar-refractivity contribution in [2.45, 2.75) is 33.1 Å². The van der Waals surface area contributed by atoms with Crippen LogP contribution in [0.15, 0.2) is 0 Å². The molecular formula is C13H24N2O3. The molecule has 1 saturated heterocycles. The van der Waals surface area contributed by atoms with Gasteiger partial charge >= 0.3 is 5.97 Å². The van der Waals surface area contributed by atoms with Gasteiger partial charge in [-0.3, -0.25) is 9.59 Å². The highest BCUT2D eigenvalue weighted by Crippen LogP contribution is 2.31. The Kier molecular flexibility index (Phi) is 5.14. The molecule has 1 N–H and O–H groups in total. The van der Waals surface area contributed by atoms with E-state index < -0.39 is 11.4 Å². The van der Waals surface area contributed by atoms with E-state index >= 15 is 0 Å². The lowest BCUT2D eigenvalue weighted by Gasteiger charge is -2.35. The second-order valence-corrected chi connectivity index (χ2v) is 5.15. The van der Waals surface area contributed by atoms with Crippen LogP contribution in [0.5, 0.6) is 0 Å². The zero-order valence-electron chi connectivity index (χ0n) is 11.6. The Morgan fingerprint density at radius 2 is 1.61 bits per heavy atom. The van der Waals surface area contributed by atoms with Crippen molar-refractivity contribution in [3.8, 4) is 0 Å². The van der Waals surface area contributed by atoms with Crippen LogP contribution in [0.2, 0.25) is 0 Å². The van der Waals surface area contributed by atoms with Crippen molar-refractivity contribution >= 4 is 11.9 Å². The summed E-state index contributed by atoms with van der Waals surface area (Å²) in [6.07, 6.45) is 1.12. The number of hydrogen-bond acceptors (Lipinski definition) is 3. The summed E-state index contributed by atoms with van der Waals surface area (Å²) >= 11 is 0. The zero-order valence-corrected chi connectivity index (χ0v) is 11.6. The first kappa shape index (κ1) is 15.0. The Labute approximate surface area is 109 Å². The normalized spacial score (nSPS) is 17.8. The van der Waals surface area contributed by atoms with Crippen LogP contribution in [0.1, 0.15) is 33.1 Å². The lowest BCUT2D eigenvalue weighted by Crippen LogP contribution is -2.49. The van der Waals surface area contributed by atoms with Crippen molar-refractivity contribution < 1.29 is 14.7 Å². The minimum Gasteiger partial charge on any atom is -0.481 e. The van der Waals surface area contributed by atoms with Gasteiger partial charge in [0, 0.05) is 32.6 Å². The lowest BCUT2D eigenvalue weighted by molar-refractivity contribution is -0.154. The summed E-state index contributed by atoms with van der Waals surface area (Å²) in [7, 11) is 2.03. The topological polar surface area (TPSA) is 60.9 Å². The van der Waals surface area contributed by atoms with Crippen LogP contribution in [-0.4, -0.2) is 60.0 Å². The Bertz CT molecular complexity index is 305. The monoisotopic (exact) mass is 256 g/mol. The molecule has 1 rings (SSSR count). The van der Waals surface area contributed by atoms with E-state index in [-0.39, 0.29) is 12.3 Å². The highest BCUT2D eigenvalue weighted by Gasteiger charge is 2.38. The minimum absolute atomic E-state index is 0.0193. The maximum atomic E-state index is 12.2. The number of carbonyl (C=O) groups is 2. The van der Waals surface area contributed by atoms with Gasteiger partial charge in [-0.2, -0.15) is 0 Å². The fourth-order valence-corrected chi connectivity index (χ4v) is 2.34. The third kappa shape index (κ3) is 3.22. The third-order valence-electron chi connectivity index (χ3n) is 4.15. The molecule has 0 radical (unpaired) electrons. The molecule has 1 fully saturated rings. The van der Waals surface area contributed by atoms with Crippen molar-refractivity contribution in [2.24, 2.45) is 5.41 Å². The molecule has 5 nitrogen and oxygen atoms in total. The lowest BCUT2D eigenvalue weighted by atomic mass is 9.79. The molecule has 0 aromatic rings. The number of amides is 1. The van der Waals surface area contributed by atoms with E-state index in [1.54, 1.807) is 4.90 Å². The molecule has 0 aromatic carbocycles. The van der Waals surface area contributed by atoms with Crippen LogP contribution in [-0.2, 0) is 9.59 Å². The number of likely N-dealkylation sites (N-methyl/N-ethyl adjacent to an activating group) is 1. The highest BCUT2D eigenvalue weighted by atomic mass is 16.4. The first-order valence-corrected chi connectivity index (χ1v) is 6.65. The molecule has 104 valence electrons. The van der Waals surface area contributed by atoms with Gasteiger partial charge in [0.25, 0.3) is 0 Å². The second-order valence-electron chi connectivity index (χ2n) is 5.15. The van der Waals surface area contributed by atoms with Gasteiger partial charge in [-0.15, -0.1) is 0 Å². The van der Waals surface area contributed by atoms with Gasteiger partial charge in [-0.1, -0.05) is 13.8 Å². The summed E-state index contributed by atoms with van der Waals surface area (Å²) in [6.45, 7) is 6.83. The van der Waals surface area contributed by atoms with Crippen LogP contribution in [0.3, 0.4) is 0 Å². The van der Waals surface area contributed by atoms with Crippen molar-refractivity contribution in [3.05, 3.63) is 0 Å².